The van der Waals surface area contributed by atoms with E-state index in [0.717, 1.165) is 0 Å². The smallest absolute Gasteiger partial charge is 0.307 e. The minimum absolute atomic E-state index is 0.0643. The Balaban J connectivity index is 1.64. The van der Waals surface area contributed by atoms with Crippen LogP contribution in [-0.4, -0.2) is 29.5 Å². The van der Waals surface area contributed by atoms with Crippen molar-refractivity contribution < 1.29 is 14.1 Å². The Morgan fingerprint density at radius 1 is 1.35 bits per heavy atom. The SMILES string of the molecule is CC(Oc1ccc(F)cc1)c1nnc(SCn2cc([N+](=O)[O-])cn2)n1C. The summed E-state index contributed by atoms with van der Waals surface area (Å²) in [6.07, 6.45) is 2.16. The van der Waals surface area contributed by atoms with E-state index in [4.69, 9.17) is 4.74 Å². The Morgan fingerprint density at radius 3 is 2.73 bits per heavy atom. The summed E-state index contributed by atoms with van der Waals surface area (Å²) >= 11 is 1.33. The van der Waals surface area contributed by atoms with E-state index in [2.05, 4.69) is 15.3 Å². The largest absolute Gasteiger partial charge is 0.483 e. The third-order valence-corrected chi connectivity index (χ3v) is 4.52. The first-order valence-corrected chi connectivity index (χ1v) is 8.53. The number of nitro groups is 1. The van der Waals surface area contributed by atoms with Crippen LogP contribution in [0, 0.1) is 15.9 Å². The minimum atomic E-state index is -0.497. The molecular formula is C15H15FN6O3S. The lowest BCUT2D eigenvalue weighted by Crippen LogP contribution is -2.10. The number of ether oxygens (including phenoxy) is 1. The van der Waals surface area contributed by atoms with E-state index in [1.54, 1.807) is 23.7 Å². The Kier molecular flexibility index (Phi) is 5.16. The number of rotatable bonds is 7. The van der Waals surface area contributed by atoms with Gasteiger partial charge in [-0.2, -0.15) is 5.10 Å². The van der Waals surface area contributed by atoms with Gasteiger partial charge >= 0.3 is 5.69 Å². The van der Waals surface area contributed by atoms with Gasteiger partial charge in [-0.15, -0.1) is 10.2 Å². The zero-order chi connectivity index (χ0) is 18.7. The molecule has 0 aliphatic heterocycles. The number of hydrogen-bond acceptors (Lipinski definition) is 7. The van der Waals surface area contributed by atoms with Crippen LogP contribution in [0.25, 0.3) is 0 Å². The van der Waals surface area contributed by atoms with Crippen molar-refractivity contribution in [1.82, 2.24) is 24.5 Å². The highest BCUT2D eigenvalue weighted by molar-refractivity contribution is 7.98. The fraction of sp³-hybridized carbons (Fsp3) is 0.267. The van der Waals surface area contributed by atoms with Crippen LogP contribution in [-0.2, 0) is 12.9 Å². The molecule has 3 aromatic rings. The lowest BCUT2D eigenvalue weighted by atomic mass is 10.3. The van der Waals surface area contributed by atoms with Crippen LogP contribution in [0.3, 0.4) is 0 Å². The van der Waals surface area contributed by atoms with Crippen molar-refractivity contribution >= 4 is 17.4 Å². The molecule has 0 fully saturated rings. The third-order valence-electron chi connectivity index (χ3n) is 3.52. The average molecular weight is 378 g/mol. The van der Waals surface area contributed by atoms with E-state index in [9.17, 15) is 14.5 Å². The second-order valence-electron chi connectivity index (χ2n) is 5.38. The molecule has 0 radical (unpaired) electrons. The van der Waals surface area contributed by atoms with Crippen LogP contribution < -0.4 is 4.74 Å². The van der Waals surface area contributed by atoms with Crippen LogP contribution in [0.4, 0.5) is 10.1 Å². The van der Waals surface area contributed by atoms with E-state index in [0.29, 0.717) is 22.6 Å². The molecular weight excluding hydrogens is 363 g/mol. The quantitative estimate of drug-likeness (QED) is 0.354. The number of nitrogens with zero attached hydrogens (tertiary/aromatic N) is 6. The second kappa shape index (κ2) is 7.52. The third kappa shape index (κ3) is 3.99. The molecule has 0 saturated heterocycles. The van der Waals surface area contributed by atoms with Gasteiger partial charge in [0, 0.05) is 7.05 Å². The van der Waals surface area contributed by atoms with Gasteiger partial charge in [-0.05, 0) is 31.2 Å². The van der Waals surface area contributed by atoms with Gasteiger partial charge in [0.25, 0.3) is 0 Å². The summed E-state index contributed by atoms with van der Waals surface area (Å²) in [5, 5.41) is 23.5. The van der Waals surface area contributed by atoms with Crippen molar-refractivity contribution in [3.05, 3.63) is 58.4 Å². The highest BCUT2D eigenvalue weighted by Gasteiger charge is 2.18. The first kappa shape index (κ1) is 17.9. The van der Waals surface area contributed by atoms with Gasteiger partial charge in [0.15, 0.2) is 17.1 Å². The first-order chi connectivity index (χ1) is 12.4. The summed E-state index contributed by atoms with van der Waals surface area (Å²) in [6.45, 7) is 1.82. The molecule has 136 valence electrons. The lowest BCUT2D eigenvalue weighted by Gasteiger charge is -2.14. The maximum absolute atomic E-state index is 13.0. The predicted octanol–water partition coefficient (Wildman–Crippen LogP) is 2.95. The summed E-state index contributed by atoms with van der Waals surface area (Å²) in [6, 6.07) is 5.73. The van der Waals surface area contributed by atoms with Crippen molar-refractivity contribution in [3.63, 3.8) is 0 Å². The van der Waals surface area contributed by atoms with Crippen LogP contribution in [0.1, 0.15) is 18.9 Å². The Labute approximate surface area is 151 Å². The molecule has 0 bridgehead atoms. The maximum atomic E-state index is 13.0. The molecule has 1 atom stereocenters. The van der Waals surface area contributed by atoms with Crippen LogP contribution in [0.2, 0.25) is 0 Å². The molecule has 3 rings (SSSR count). The van der Waals surface area contributed by atoms with Crippen LogP contribution in [0.5, 0.6) is 5.75 Å². The molecule has 0 aliphatic rings. The average Bonchev–Trinajstić information content (AvgIpc) is 3.22. The normalized spacial score (nSPS) is 12.1. The molecule has 9 nitrogen and oxygen atoms in total. The summed E-state index contributed by atoms with van der Waals surface area (Å²) in [5.74, 6) is 1.15. The van der Waals surface area contributed by atoms with Crippen molar-refractivity contribution in [2.45, 2.75) is 24.1 Å². The summed E-state index contributed by atoms with van der Waals surface area (Å²) in [4.78, 5) is 10.2. The monoisotopic (exact) mass is 378 g/mol. The molecule has 2 heterocycles. The van der Waals surface area contributed by atoms with Gasteiger partial charge in [-0.25, -0.2) is 4.39 Å². The molecule has 2 aromatic heterocycles. The fourth-order valence-corrected chi connectivity index (χ4v) is 2.99. The van der Waals surface area contributed by atoms with Gasteiger partial charge in [-0.3, -0.25) is 14.8 Å². The second-order valence-corrected chi connectivity index (χ2v) is 6.29. The Bertz CT molecular complexity index is 911. The van der Waals surface area contributed by atoms with E-state index in [1.807, 2.05) is 6.92 Å². The van der Waals surface area contributed by atoms with E-state index < -0.39 is 11.0 Å². The Hall–Kier alpha value is -2.95. The molecule has 0 N–H and O–H groups in total. The maximum Gasteiger partial charge on any atom is 0.307 e. The van der Waals surface area contributed by atoms with Gasteiger partial charge in [-0.1, -0.05) is 11.8 Å². The van der Waals surface area contributed by atoms with Crippen molar-refractivity contribution in [2.24, 2.45) is 7.05 Å². The number of benzene rings is 1. The molecule has 26 heavy (non-hydrogen) atoms. The van der Waals surface area contributed by atoms with Gasteiger partial charge in [0.2, 0.25) is 0 Å². The topological polar surface area (TPSA) is 101 Å². The standard InChI is InChI=1S/C15H15FN6O3S/c1-10(25-13-5-3-11(16)4-6-13)14-18-19-15(20(14)2)26-9-21-8-12(7-17-21)22(23)24/h3-8,10H,9H2,1-2H3. The molecule has 0 aliphatic carbocycles. The molecule has 1 unspecified atom stereocenters. The molecule has 0 amide bonds. The molecule has 0 spiro atoms. The molecule has 0 saturated carbocycles. The lowest BCUT2D eigenvalue weighted by molar-refractivity contribution is -0.385. The minimum Gasteiger partial charge on any atom is -0.483 e. The summed E-state index contributed by atoms with van der Waals surface area (Å²) in [7, 11) is 1.80. The van der Waals surface area contributed by atoms with Gasteiger partial charge < -0.3 is 9.30 Å². The molecule has 11 heteroatoms. The number of aromatic nitrogens is 5. The number of thioether (sulfide) groups is 1. The first-order valence-electron chi connectivity index (χ1n) is 7.55. The number of hydrogen-bond donors (Lipinski definition) is 0. The van der Waals surface area contributed by atoms with Gasteiger partial charge in [0.05, 0.1) is 10.8 Å². The van der Waals surface area contributed by atoms with Gasteiger partial charge in [0.1, 0.15) is 24.0 Å². The highest BCUT2D eigenvalue weighted by atomic mass is 32.2. The highest BCUT2D eigenvalue weighted by Crippen LogP contribution is 2.24. The number of halogens is 1. The van der Waals surface area contributed by atoms with Crippen molar-refractivity contribution in [2.75, 3.05) is 0 Å². The predicted molar refractivity (Wildman–Crippen MR) is 91.2 cm³/mol. The van der Waals surface area contributed by atoms with Crippen LogP contribution >= 0.6 is 11.8 Å². The summed E-state index contributed by atoms with van der Waals surface area (Å²) in [5.41, 5.74) is -0.0643. The van der Waals surface area contributed by atoms with E-state index >= 15 is 0 Å². The zero-order valence-corrected chi connectivity index (χ0v) is 14.8. The fourth-order valence-electron chi connectivity index (χ4n) is 2.22. The Morgan fingerprint density at radius 2 is 2.08 bits per heavy atom. The summed E-state index contributed by atoms with van der Waals surface area (Å²) < 4.78 is 21.9. The van der Waals surface area contributed by atoms with Crippen molar-refractivity contribution in [3.8, 4) is 5.75 Å². The van der Waals surface area contributed by atoms with E-state index in [-0.39, 0.29) is 11.5 Å². The van der Waals surface area contributed by atoms with Crippen LogP contribution in [0.15, 0.2) is 41.8 Å². The van der Waals surface area contributed by atoms with Crippen molar-refractivity contribution in [1.29, 1.82) is 0 Å². The zero-order valence-electron chi connectivity index (χ0n) is 13.9. The van der Waals surface area contributed by atoms with E-state index in [1.165, 1.54) is 41.0 Å². The molecule has 1 aromatic carbocycles.